The SMILES string of the molecule is CC1=[C](/[Zr+2](=[CH]\c2cccc3ccccc23)[CH]2c3cc(C(C)(C)C)ccc3-c3ccc(C(C)(C)C)cc32)C(C)C=C1C(C)C.[Cl-].[Cl-]. The van der Waals surface area contributed by atoms with E-state index in [2.05, 4.69) is 158 Å². The molecule has 6 rings (SSSR count). The van der Waals surface area contributed by atoms with Crippen molar-refractivity contribution in [2.45, 2.75) is 83.7 Å². The maximum atomic E-state index is 2.83. The average molecular weight is 715 g/mol. The van der Waals surface area contributed by atoms with Gasteiger partial charge in [-0.15, -0.1) is 0 Å². The normalized spacial score (nSPS) is 16.4. The van der Waals surface area contributed by atoms with Crippen LogP contribution < -0.4 is 24.8 Å². The van der Waals surface area contributed by atoms with Crippen molar-refractivity contribution < 1.29 is 46.1 Å². The van der Waals surface area contributed by atoms with Crippen molar-refractivity contribution in [2.75, 3.05) is 0 Å². The molecule has 4 aromatic carbocycles. The monoisotopic (exact) mass is 712 g/mol. The summed E-state index contributed by atoms with van der Waals surface area (Å²) in [7, 11) is 0. The molecule has 1 atom stereocenters. The fourth-order valence-electron chi connectivity index (χ4n) is 7.47. The van der Waals surface area contributed by atoms with E-state index in [1.165, 1.54) is 38.6 Å². The molecule has 0 saturated carbocycles. The molecule has 0 aliphatic heterocycles. The standard InChI is InChI=1S/C21H25.C11H8.C10H15.2ClH.Zr/c1-20(2,3)16-7-9-18-14(12-16)11-15-13-17(21(4,5)6)8-10-19(15)18;1-9-5-4-7-10-6-2-3-8-11(9)10;1-7(2)10-6-8(3)5-9(10)4;;;/h7-13H,1-6H3;1-8H;6-8H,1-4H3;2*1H;/q;;;;;+2/p-2. The van der Waals surface area contributed by atoms with E-state index in [1.54, 1.807) is 25.6 Å². The van der Waals surface area contributed by atoms with Gasteiger partial charge in [0.25, 0.3) is 0 Å². The Morgan fingerprint density at radius 3 is 1.76 bits per heavy atom. The van der Waals surface area contributed by atoms with Crippen LogP contribution in [-0.2, 0) is 32.1 Å². The van der Waals surface area contributed by atoms with E-state index >= 15 is 0 Å². The largest absolute Gasteiger partial charge is 1.00 e. The van der Waals surface area contributed by atoms with Crippen LogP contribution in [0, 0.1) is 11.8 Å². The Hall–Kier alpha value is -2.05. The number of hydrogen-bond donors (Lipinski definition) is 0. The first-order chi connectivity index (χ1) is 20.3. The zero-order chi connectivity index (χ0) is 30.8. The Morgan fingerprint density at radius 2 is 1.24 bits per heavy atom. The van der Waals surface area contributed by atoms with Crippen LogP contribution in [0.4, 0.5) is 0 Å². The van der Waals surface area contributed by atoms with E-state index < -0.39 is 21.3 Å². The third kappa shape index (κ3) is 6.57. The summed E-state index contributed by atoms with van der Waals surface area (Å²) >= 11 is -2.63. The molecule has 0 nitrogen and oxygen atoms in total. The number of halogens is 2. The summed E-state index contributed by atoms with van der Waals surface area (Å²) in [4.78, 5) is 0. The summed E-state index contributed by atoms with van der Waals surface area (Å²) < 4.78 is 5.06. The second-order valence-corrected chi connectivity index (χ2v) is 21.0. The van der Waals surface area contributed by atoms with Crippen LogP contribution in [0.25, 0.3) is 21.9 Å². The summed E-state index contributed by atoms with van der Waals surface area (Å²) in [5.41, 5.74) is 13.7. The van der Waals surface area contributed by atoms with Crippen molar-refractivity contribution in [1.29, 1.82) is 0 Å². The maximum absolute atomic E-state index is 2.83. The Morgan fingerprint density at radius 1 is 0.711 bits per heavy atom. The fraction of sp³-hybridized carbons (Fsp3) is 0.357. The second kappa shape index (κ2) is 13.2. The van der Waals surface area contributed by atoms with Crippen molar-refractivity contribution in [3.63, 3.8) is 0 Å². The van der Waals surface area contributed by atoms with Crippen LogP contribution in [0.15, 0.2) is 99.4 Å². The zero-order valence-electron chi connectivity index (χ0n) is 28.6. The van der Waals surface area contributed by atoms with E-state index in [0.29, 0.717) is 15.5 Å². The first kappa shape index (κ1) is 35.8. The molecule has 0 spiro atoms. The maximum Gasteiger partial charge on any atom is -1.00 e. The Balaban J connectivity index is 0.00000230. The van der Waals surface area contributed by atoms with Gasteiger partial charge in [-0.2, -0.15) is 0 Å². The van der Waals surface area contributed by atoms with Crippen LogP contribution in [0.2, 0.25) is 0 Å². The minimum Gasteiger partial charge on any atom is -1.00 e. The van der Waals surface area contributed by atoms with E-state index in [9.17, 15) is 0 Å². The molecule has 0 amide bonds. The molecule has 0 fully saturated rings. The van der Waals surface area contributed by atoms with Crippen molar-refractivity contribution in [3.8, 4) is 11.1 Å². The molecular formula is C42H48Cl2Zr. The fourth-order valence-corrected chi connectivity index (χ4v) is 16.2. The van der Waals surface area contributed by atoms with Gasteiger partial charge in [0.1, 0.15) is 0 Å². The smallest absolute Gasteiger partial charge is 1.00 e. The van der Waals surface area contributed by atoms with E-state index in [0.717, 1.165) is 0 Å². The number of hydrogen-bond acceptors (Lipinski definition) is 0. The van der Waals surface area contributed by atoms with Crippen molar-refractivity contribution in [2.24, 2.45) is 11.8 Å². The molecule has 4 aromatic rings. The van der Waals surface area contributed by atoms with Gasteiger partial charge in [-0.05, 0) is 0 Å². The molecule has 234 valence electrons. The Bertz CT molecular complexity index is 1770. The Labute approximate surface area is 292 Å². The summed E-state index contributed by atoms with van der Waals surface area (Å²) in [5, 5.41) is 2.72. The van der Waals surface area contributed by atoms with E-state index in [-0.39, 0.29) is 35.6 Å². The van der Waals surface area contributed by atoms with Gasteiger partial charge in [-0.25, -0.2) is 0 Å². The van der Waals surface area contributed by atoms with Gasteiger partial charge in [-0.1, -0.05) is 0 Å². The van der Waals surface area contributed by atoms with Crippen LogP contribution in [0.1, 0.15) is 101 Å². The molecule has 0 aromatic heterocycles. The molecule has 2 aliphatic carbocycles. The zero-order valence-corrected chi connectivity index (χ0v) is 32.6. The molecule has 0 saturated heterocycles. The first-order valence-electron chi connectivity index (χ1n) is 16.2. The van der Waals surface area contributed by atoms with Gasteiger partial charge in [0, 0.05) is 0 Å². The molecule has 0 heterocycles. The molecule has 1 unspecified atom stereocenters. The average Bonchev–Trinajstić information content (AvgIpc) is 3.43. The topological polar surface area (TPSA) is 0 Å². The van der Waals surface area contributed by atoms with Gasteiger partial charge in [0.15, 0.2) is 0 Å². The van der Waals surface area contributed by atoms with Gasteiger partial charge in [0.05, 0.1) is 0 Å². The summed E-state index contributed by atoms with van der Waals surface area (Å²) in [6.07, 6.45) is 2.60. The van der Waals surface area contributed by atoms with E-state index in [4.69, 9.17) is 0 Å². The Kier molecular flexibility index (Phi) is 10.5. The number of fused-ring (bicyclic) bond motifs is 4. The number of benzene rings is 4. The molecule has 0 bridgehead atoms. The molecule has 45 heavy (non-hydrogen) atoms. The minimum absolute atomic E-state index is 0. The summed E-state index contributed by atoms with van der Waals surface area (Å²) in [5.74, 6) is 1.03. The molecule has 3 heteroatoms. The van der Waals surface area contributed by atoms with Gasteiger partial charge < -0.3 is 24.8 Å². The number of rotatable bonds is 4. The third-order valence-electron chi connectivity index (χ3n) is 9.85. The predicted octanol–water partition coefficient (Wildman–Crippen LogP) is 5.49. The minimum atomic E-state index is -2.63. The third-order valence-corrected chi connectivity index (χ3v) is 18.0. The molecule has 2 aliphatic rings. The summed E-state index contributed by atoms with van der Waals surface area (Å²) in [6, 6.07) is 30.7. The molecule has 0 N–H and O–H groups in total. The summed E-state index contributed by atoms with van der Waals surface area (Å²) in [6.45, 7) is 23.8. The van der Waals surface area contributed by atoms with Gasteiger partial charge in [-0.3, -0.25) is 0 Å². The molecular weight excluding hydrogens is 667 g/mol. The predicted molar refractivity (Wildman–Crippen MR) is 185 cm³/mol. The van der Waals surface area contributed by atoms with Gasteiger partial charge in [0.2, 0.25) is 0 Å². The van der Waals surface area contributed by atoms with Crippen LogP contribution in [0.3, 0.4) is 0 Å². The van der Waals surface area contributed by atoms with Crippen molar-refractivity contribution in [1.82, 2.24) is 0 Å². The van der Waals surface area contributed by atoms with E-state index in [1.807, 2.05) is 0 Å². The van der Waals surface area contributed by atoms with Crippen molar-refractivity contribution in [3.05, 3.63) is 127 Å². The van der Waals surface area contributed by atoms with Crippen molar-refractivity contribution >= 4 is 14.5 Å². The van der Waals surface area contributed by atoms with Crippen LogP contribution in [-0.4, -0.2) is 3.71 Å². The quantitative estimate of drug-likeness (QED) is 0.263. The number of allylic oxidation sites excluding steroid dienone is 4. The molecule has 0 radical (unpaired) electrons. The van der Waals surface area contributed by atoms with Crippen LogP contribution in [0.5, 0.6) is 0 Å². The van der Waals surface area contributed by atoms with Gasteiger partial charge >= 0.3 is 270 Å². The second-order valence-electron chi connectivity index (χ2n) is 15.3. The van der Waals surface area contributed by atoms with Crippen LogP contribution >= 0.6 is 0 Å². The first-order valence-corrected chi connectivity index (χ1v) is 20.2.